The van der Waals surface area contributed by atoms with Crippen molar-refractivity contribution in [2.75, 3.05) is 60.1 Å². The Labute approximate surface area is 181 Å². The van der Waals surface area contributed by atoms with Gasteiger partial charge in [0.05, 0.1) is 26.2 Å². The minimum Gasteiger partial charge on any atom is -0.469 e. The molecular weight excluding hydrogens is 459 g/mol. The van der Waals surface area contributed by atoms with Crippen LogP contribution in [0.25, 0.3) is 0 Å². The highest BCUT2D eigenvalue weighted by molar-refractivity contribution is 14.0. The zero-order valence-corrected chi connectivity index (χ0v) is 19.8. The zero-order chi connectivity index (χ0) is 19.1. The fourth-order valence-corrected chi connectivity index (χ4v) is 3.99. The lowest BCUT2D eigenvalue weighted by molar-refractivity contribution is -0.145. The number of carbonyl (C=O) groups excluding carboxylic acids is 1. The number of ether oxygens (including phenoxy) is 2. The molecule has 0 aromatic heterocycles. The molecule has 7 nitrogen and oxygen atoms in total. The standard InChI is InChI=1S/C19H36N4O3.HI/c1-14(2)10-16(22-6-8-26-9-7-22)11-21-19(20-4)23-12-15(3)17(13-23)18(24)25-5;/h14-17H,6-13H2,1-5H3,(H,20,21);1H. The molecule has 2 saturated heterocycles. The number of esters is 1. The first-order valence-corrected chi connectivity index (χ1v) is 9.81. The Bertz CT molecular complexity index is 484. The molecule has 2 aliphatic rings. The van der Waals surface area contributed by atoms with Crippen LogP contribution in [-0.4, -0.2) is 87.9 Å². The van der Waals surface area contributed by atoms with Crippen molar-refractivity contribution in [3.8, 4) is 0 Å². The van der Waals surface area contributed by atoms with Crippen molar-refractivity contribution in [2.24, 2.45) is 22.7 Å². The monoisotopic (exact) mass is 496 g/mol. The summed E-state index contributed by atoms with van der Waals surface area (Å²) in [4.78, 5) is 21.1. The van der Waals surface area contributed by atoms with Gasteiger partial charge in [-0.3, -0.25) is 14.7 Å². The van der Waals surface area contributed by atoms with Gasteiger partial charge in [0.2, 0.25) is 0 Å². The third-order valence-electron chi connectivity index (χ3n) is 5.43. The first-order chi connectivity index (χ1) is 12.5. The Morgan fingerprint density at radius 3 is 2.52 bits per heavy atom. The van der Waals surface area contributed by atoms with Crippen molar-refractivity contribution in [3.05, 3.63) is 0 Å². The first kappa shape index (κ1) is 24.4. The van der Waals surface area contributed by atoms with E-state index >= 15 is 0 Å². The number of nitrogens with one attached hydrogen (secondary N) is 1. The molecule has 2 aliphatic heterocycles. The molecule has 0 radical (unpaired) electrons. The first-order valence-electron chi connectivity index (χ1n) is 9.81. The summed E-state index contributed by atoms with van der Waals surface area (Å²) in [6.07, 6.45) is 1.14. The van der Waals surface area contributed by atoms with Crippen LogP contribution in [0.5, 0.6) is 0 Å². The molecule has 0 bridgehead atoms. The van der Waals surface area contributed by atoms with E-state index in [2.05, 4.69) is 40.9 Å². The highest BCUT2D eigenvalue weighted by Crippen LogP contribution is 2.24. The smallest absolute Gasteiger partial charge is 0.310 e. The van der Waals surface area contributed by atoms with E-state index in [1.54, 1.807) is 0 Å². The molecule has 27 heavy (non-hydrogen) atoms. The van der Waals surface area contributed by atoms with E-state index in [-0.39, 0.29) is 41.8 Å². The van der Waals surface area contributed by atoms with Crippen molar-refractivity contribution >= 4 is 35.9 Å². The maximum Gasteiger partial charge on any atom is 0.310 e. The van der Waals surface area contributed by atoms with Crippen molar-refractivity contribution in [3.63, 3.8) is 0 Å². The molecule has 8 heteroatoms. The number of hydrogen-bond donors (Lipinski definition) is 1. The van der Waals surface area contributed by atoms with Crippen LogP contribution < -0.4 is 5.32 Å². The number of nitrogens with zero attached hydrogens (tertiary/aromatic N) is 3. The van der Waals surface area contributed by atoms with E-state index in [1.807, 2.05) is 7.05 Å². The van der Waals surface area contributed by atoms with Crippen LogP contribution in [0.1, 0.15) is 27.2 Å². The molecule has 2 heterocycles. The molecule has 3 unspecified atom stereocenters. The second-order valence-corrected chi connectivity index (χ2v) is 7.87. The molecule has 3 atom stereocenters. The average Bonchev–Trinajstić information content (AvgIpc) is 3.02. The highest BCUT2D eigenvalue weighted by Gasteiger charge is 2.37. The number of guanidine groups is 1. The molecule has 0 amide bonds. The highest BCUT2D eigenvalue weighted by atomic mass is 127. The molecule has 1 N–H and O–H groups in total. The average molecular weight is 496 g/mol. The van der Waals surface area contributed by atoms with Gasteiger partial charge in [0.25, 0.3) is 0 Å². The number of aliphatic imine (C=N–C) groups is 1. The molecule has 0 aromatic carbocycles. The topological polar surface area (TPSA) is 66.4 Å². The summed E-state index contributed by atoms with van der Waals surface area (Å²) >= 11 is 0. The molecule has 0 aliphatic carbocycles. The summed E-state index contributed by atoms with van der Waals surface area (Å²) in [5.74, 6) is 1.59. The summed E-state index contributed by atoms with van der Waals surface area (Å²) in [6, 6.07) is 0.465. The lowest BCUT2D eigenvalue weighted by Crippen LogP contribution is -2.51. The summed E-state index contributed by atoms with van der Waals surface area (Å²) in [5.41, 5.74) is 0. The molecule has 2 rings (SSSR count). The SMILES string of the molecule is CN=C(NCC(CC(C)C)N1CCOCC1)N1CC(C)C(C(=O)OC)C1.I. The van der Waals surface area contributed by atoms with Gasteiger partial charge in [0, 0.05) is 45.8 Å². The van der Waals surface area contributed by atoms with Crippen LogP contribution in [0.2, 0.25) is 0 Å². The van der Waals surface area contributed by atoms with E-state index in [1.165, 1.54) is 7.11 Å². The van der Waals surface area contributed by atoms with Crippen LogP contribution in [0.3, 0.4) is 0 Å². The summed E-state index contributed by atoms with van der Waals surface area (Å²) < 4.78 is 10.4. The fourth-order valence-electron chi connectivity index (χ4n) is 3.99. The quantitative estimate of drug-likeness (QED) is 0.261. The van der Waals surface area contributed by atoms with Gasteiger partial charge < -0.3 is 19.7 Å². The van der Waals surface area contributed by atoms with Gasteiger partial charge in [-0.05, 0) is 18.3 Å². The lowest BCUT2D eigenvalue weighted by atomic mass is 9.99. The Morgan fingerprint density at radius 2 is 1.96 bits per heavy atom. The second kappa shape index (κ2) is 12.1. The van der Waals surface area contributed by atoms with Gasteiger partial charge >= 0.3 is 5.97 Å². The number of likely N-dealkylation sites (tertiary alicyclic amines) is 1. The summed E-state index contributed by atoms with van der Waals surface area (Å²) in [7, 11) is 3.27. The number of carbonyl (C=O) groups is 1. The third kappa shape index (κ3) is 7.05. The van der Waals surface area contributed by atoms with Crippen molar-refractivity contribution in [1.82, 2.24) is 15.1 Å². The summed E-state index contributed by atoms with van der Waals surface area (Å²) in [5, 5.41) is 3.55. The number of halogens is 1. The Hall–Kier alpha value is -0.610. The Kier molecular flexibility index (Phi) is 10.9. The number of morpholine rings is 1. The van der Waals surface area contributed by atoms with Gasteiger partial charge in [-0.1, -0.05) is 20.8 Å². The number of methoxy groups -OCH3 is 1. The second-order valence-electron chi connectivity index (χ2n) is 7.87. The van der Waals surface area contributed by atoms with E-state index in [0.29, 0.717) is 18.5 Å². The Balaban J connectivity index is 0.00000364. The van der Waals surface area contributed by atoms with Crippen LogP contribution in [-0.2, 0) is 14.3 Å². The normalized spacial score (nSPS) is 25.3. The van der Waals surface area contributed by atoms with Crippen LogP contribution in [0.4, 0.5) is 0 Å². The molecule has 0 spiro atoms. The lowest BCUT2D eigenvalue weighted by Gasteiger charge is -2.36. The van der Waals surface area contributed by atoms with E-state index in [0.717, 1.165) is 51.8 Å². The summed E-state index contributed by atoms with van der Waals surface area (Å²) in [6.45, 7) is 12.6. The van der Waals surface area contributed by atoms with Gasteiger partial charge in [0.15, 0.2) is 5.96 Å². The predicted octanol–water partition coefficient (Wildman–Crippen LogP) is 1.67. The van der Waals surface area contributed by atoms with Crippen LogP contribution in [0.15, 0.2) is 4.99 Å². The molecule has 0 saturated carbocycles. The molecule has 2 fully saturated rings. The maximum absolute atomic E-state index is 11.9. The minimum absolute atomic E-state index is 0. The van der Waals surface area contributed by atoms with Gasteiger partial charge in [-0.15, -0.1) is 24.0 Å². The molecule has 0 aromatic rings. The van der Waals surface area contributed by atoms with E-state index in [4.69, 9.17) is 9.47 Å². The van der Waals surface area contributed by atoms with Crippen molar-refractivity contribution in [1.29, 1.82) is 0 Å². The minimum atomic E-state index is -0.124. The predicted molar refractivity (Wildman–Crippen MR) is 119 cm³/mol. The fraction of sp³-hybridized carbons (Fsp3) is 0.895. The Morgan fingerprint density at radius 1 is 1.30 bits per heavy atom. The largest absolute Gasteiger partial charge is 0.469 e. The van der Waals surface area contributed by atoms with Crippen LogP contribution >= 0.6 is 24.0 Å². The van der Waals surface area contributed by atoms with Crippen molar-refractivity contribution < 1.29 is 14.3 Å². The van der Waals surface area contributed by atoms with Gasteiger partial charge in [0.1, 0.15) is 0 Å². The molecular formula is C19H37IN4O3. The van der Waals surface area contributed by atoms with Crippen LogP contribution in [0, 0.1) is 17.8 Å². The van der Waals surface area contributed by atoms with Crippen molar-refractivity contribution in [2.45, 2.75) is 33.2 Å². The third-order valence-corrected chi connectivity index (χ3v) is 5.43. The van der Waals surface area contributed by atoms with Gasteiger partial charge in [-0.25, -0.2) is 0 Å². The molecule has 158 valence electrons. The zero-order valence-electron chi connectivity index (χ0n) is 17.4. The van der Waals surface area contributed by atoms with E-state index in [9.17, 15) is 4.79 Å². The maximum atomic E-state index is 11.9. The van der Waals surface area contributed by atoms with E-state index < -0.39 is 0 Å². The van der Waals surface area contributed by atoms with Gasteiger partial charge in [-0.2, -0.15) is 0 Å². The number of hydrogen-bond acceptors (Lipinski definition) is 5. The number of rotatable bonds is 6.